The molecule has 1 N–H and O–H groups in total. The van der Waals surface area contributed by atoms with Crippen LogP contribution in [-0.2, 0) is 0 Å². The Kier molecular flexibility index (Phi) is 2.97. The van der Waals surface area contributed by atoms with Crippen molar-refractivity contribution in [3.63, 3.8) is 0 Å². The third-order valence-corrected chi connectivity index (χ3v) is 2.46. The average Bonchev–Trinajstić information content (AvgIpc) is 2.30. The highest BCUT2D eigenvalue weighted by Gasteiger charge is 2.26. The van der Waals surface area contributed by atoms with Crippen molar-refractivity contribution in [1.29, 1.82) is 0 Å². The molecule has 0 radical (unpaired) electrons. The van der Waals surface area contributed by atoms with Gasteiger partial charge in [-0.15, -0.1) is 0 Å². The van der Waals surface area contributed by atoms with E-state index in [2.05, 4.69) is 5.32 Å². The van der Waals surface area contributed by atoms with Crippen molar-refractivity contribution in [3.8, 4) is 0 Å². The van der Waals surface area contributed by atoms with Crippen molar-refractivity contribution in [2.45, 2.75) is 6.30 Å². The first-order valence-electron chi connectivity index (χ1n) is 5.00. The second kappa shape index (κ2) is 4.40. The third-order valence-electron chi connectivity index (χ3n) is 2.46. The van der Waals surface area contributed by atoms with Gasteiger partial charge in [-0.2, -0.15) is 0 Å². The summed E-state index contributed by atoms with van der Waals surface area (Å²) in [5, 5.41) is 2.90. The highest BCUT2D eigenvalue weighted by Crippen LogP contribution is 2.10. The number of rotatable bonds is 1. The number of nitrogens with one attached hydrogen (secondary N) is 1. The zero-order chi connectivity index (χ0) is 10.7. The number of benzene rings is 1. The van der Waals surface area contributed by atoms with Crippen molar-refractivity contribution >= 4 is 5.91 Å². The first-order valence-corrected chi connectivity index (χ1v) is 5.00. The van der Waals surface area contributed by atoms with Gasteiger partial charge >= 0.3 is 0 Å². The highest BCUT2D eigenvalue weighted by atomic mass is 19.1. The first-order chi connectivity index (χ1) is 7.29. The number of halogens is 1. The molecule has 1 fully saturated rings. The second-order valence-electron chi connectivity index (χ2n) is 3.50. The molecule has 0 saturated carbocycles. The van der Waals surface area contributed by atoms with Crippen molar-refractivity contribution < 1.29 is 9.18 Å². The topological polar surface area (TPSA) is 32.3 Å². The number of nitrogens with zero attached hydrogens (tertiary/aromatic N) is 1. The standard InChI is InChI=1S/C11H13FN2O/c12-10-8-13-6-7-14(10)11(15)9-4-2-1-3-5-9/h1-5,10,13H,6-8H2. The molecule has 1 atom stereocenters. The molecule has 1 heterocycles. The minimum atomic E-state index is -1.22. The van der Waals surface area contributed by atoms with Crippen LogP contribution < -0.4 is 5.32 Å². The molecule has 0 bridgehead atoms. The van der Waals surface area contributed by atoms with Gasteiger partial charge in [0.15, 0.2) is 6.30 Å². The Hall–Kier alpha value is -1.42. The molecular weight excluding hydrogens is 195 g/mol. The predicted octanol–water partition coefficient (Wildman–Crippen LogP) is 1.03. The van der Waals surface area contributed by atoms with Crippen molar-refractivity contribution in [2.24, 2.45) is 0 Å². The van der Waals surface area contributed by atoms with Gasteiger partial charge in [0.1, 0.15) is 0 Å². The smallest absolute Gasteiger partial charge is 0.256 e. The molecule has 15 heavy (non-hydrogen) atoms. The van der Waals surface area contributed by atoms with Crippen molar-refractivity contribution in [3.05, 3.63) is 35.9 Å². The van der Waals surface area contributed by atoms with E-state index in [1.54, 1.807) is 24.3 Å². The molecular formula is C11H13FN2O. The van der Waals surface area contributed by atoms with E-state index in [4.69, 9.17) is 0 Å². The highest BCUT2D eigenvalue weighted by molar-refractivity contribution is 5.94. The van der Waals surface area contributed by atoms with E-state index in [-0.39, 0.29) is 12.5 Å². The molecule has 1 saturated heterocycles. The van der Waals surface area contributed by atoms with Crippen LogP contribution in [0.3, 0.4) is 0 Å². The molecule has 1 aromatic carbocycles. The van der Waals surface area contributed by atoms with Crippen LogP contribution in [-0.4, -0.2) is 36.7 Å². The summed E-state index contributed by atoms with van der Waals surface area (Å²) in [7, 11) is 0. The molecule has 1 amide bonds. The summed E-state index contributed by atoms with van der Waals surface area (Å²) in [5.74, 6) is -0.232. The van der Waals surface area contributed by atoms with E-state index in [0.717, 1.165) is 0 Å². The number of carbonyl (C=O) groups is 1. The Morgan fingerprint density at radius 3 is 2.80 bits per heavy atom. The Morgan fingerprint density at radius 1 is 1.40 bits per heavy atom. The van der Waals surface area contributed by atoms with Gasteiger partial charge < -0.3 is 10.2 Å². The Balaban J connectivity index is 2.13. The van der Waals surface area contributed by atoms with Gasteiger partial charge in [-0.1, -0.05) is 18.2 Å². The molecule has 0 aliphatic carbocycles. The second-order valence-corrected chi connectivity index (χ2v) is 3.50. The van der Waals surface area contributed by atoms with E-state index in [9.17, 15) is 9.18 Å². The Morgan fingerprint density at radius 2 is 2.13 bits per heavy atom. The predicted molar refractivity (Wildman–Crippen MR) is 55.2 cm³/mol. The minimum Gasteiger partial charge on any atom is -0.310 e. The average molecular weight is 208 g/mol. The maximum Gasteiger partial charge on any atom is 0.256 e. The summed E-state index contributed by atoms with van der Waals surface area (Å²) >= 11 is 0. The molecule has 1 unspecified atom stereocenters. The normalized spacial score (nSPS) is 21.4. The zero-order valence-corrected chi connectivity index (χ0v) is 8.32. The van der Waals surface area contributed by atoms with Crippen LogP contribution in [0, 0.1) is 0 Å². The number of alkyl halides is 1. The van der Waals surface area contributed by atoms with Gasteiger partial charge in [-0.3, -0.25) is 4.79 Å². The van der Waals surface area contributed by atoms with Crippen LogP contribution in [0.25, 0.3) is 0 Å². The summed E-state index contributed by atoms with van der Waals surface area (Å²) in [6.45, 7) is 1.30. The lowest BCUT2D eigenvalue weighted by Crippen LogP contribution is -2.51. The maximum absolute atomic E-state index is 13.4. The van der Waals surface area contributed by atoms with Gasteiger partial charge in [0, 0.05) is 25.2 Å². The molecule has 0 aromatic heterocycles. The number of amides is 1. The van der Waals surface area contributed by atoms with Crippen molar-refractivity contribution in [1.82, 2.24) is 10.2 Å². The Labute approximate surface area is 87.9 Å². The number of carbonyl (C=O) groups excluding carboxylic acids is 1. The summed E-state index contributed by atoms with van der Waals surface area (Å²) in [5.41, 5.74) is 0.544. The lowest BCUT2D eigenvalue weighted by Gasteiger charge is -2.31. The maximum atomic E-state index is 13.4. The Bertz CT molecular complexity index is 342. The molecule has 0 spiro atoms. The number of hydrogen-bond acceptors (Lipinski definition) is 2. The molecule has 1 aromatic rings. The summed E-state index contributed by atoms with van der Waals surface area (Å²) in [4.78, 5) is 13.1. The fraction of sp³-hybridized carbons (Fsp3) is 0.364. The monoisotopic (exact) mass is 208 g/mol. The van der Waals surface area contributed by atoms with Gasteiger partial charge in [0.25, 0.3) is 5.91 Å². The SMILES string of the molecule is O=C(c1ccccc1)N1CCNCC1F. The molecule has 1 aliphatic rings. The lowest BCUT2D eigenvalue weighted by molar-refractivity contribution is 0.0376. The lowest BCUT2D eigenvalue weighted by atomic mass is 10.2. The van der Waals surface area contributed by atoms with Crippen LogP contribution in [0.4, 0.5) is 4.39 Å². The van der Waals surface area contributed by atoms with E-state index in [1.165, 1.54) is 4.90 Å². The van der Waals surface area contributed by atoms with E-state index >= 15 is 0 Å². The molecule has 80 valence electrons. The molecule has 3 nitrogen and oxygen atoms in total. The van der Waals surface area contributed by atoms with Crippen LogP contribution in [0.15, 0.2) is 30.3 Å². The fourth-order valence-corrected chi connectivity index (χ4v) is 1.65. The zero-order valence-electron chi connectivity index (χ0n) is 8.32. The molecule has 1 aliphatic heterocycles. The number of piperazine rings is 1. The number of hydrogen-bond donors (Lipinski definition) is 1. The van der Waals surface area contributed by atoms with Crippen LogP contribution in [0.5, 0.6) is 0 Å². The van der Waals surface area contributed by atoms with Crippen LogP contribution in [0.1, 0.15) is 10.4 Å². The van der Waals surface area contributed by atoms with Crippen molar-refractivity contribution in [2.75, 3.05) is 19.6 Å². The van der Waals surface area contributed by atoms with E-state index in [0.29, 0.717) is 18.7 Å². The van der Waals surface area contributed by atoms with Gasteiger partial charge in [-0.25, -0.2) is 4.39 Å². The van der Waals surface area contributed by atoms with E-state index in [1.807, 2.05) is 6.07 Å². The summed E-state index contributed by atoms with van der Waals surface area (Å²) < 4.78 is 13.4. The van der Waals surface area contributed by atoms with Crippen LogP contribution in [0.2, 0.25) is 0 Å². The van der Waals surface area contributed by atoms with E-state index < -0.39 is 6.30 Å². The third kappa shape index (κ3) is 2.15. The summed E-state index contributed by atoms with van der Waals surface area (Å²) in [6.07, 6.45) is -1.22. The molecule has 2 rings (SSSR count). The fourth-order valence-electron chi connectivity index (χ4n) is 1.65. The summed E-state index contributed by atoms with van der Waals surface area (Å²) in [6, 6.07) is 8.81. The minimum absolute atomic E-state index is 0.221. The van der Waals surface area contributed by atoms with Gasteiger partial charge in [0.2, 0.25) is 0 Å². The van der Waals surface area contributed by atoms with Gasteiger partial charge in [0.05, 0.1) is 0 Å². The molecule has 4 heteroatoms. The quantitative estimate of drug-likeness (QED) is 0.699. The van der Waals surface area contributed by atoms with Crippen LogP contribution >= 0.6 is 0 Å². The first kappa shape index (κ1) is 10.1. The van der Waals surface area contributed by atoms with Gasteiger partial charge in [-0.05, 0) is 12.1 Å². The largest absolute Gasteiger partial charge is 0.310 e.